The number of carbonyl (C=O) groups is 2. The first-order chi connectivity index (χ1) is 9.93. The van der Waals surface area contributed by atoms with Gasteiger partial charge in [-0.25, -0.2) is 0 Å². The molecule has 0 radical (unpaired) electrons. The molecule has 116 valence electrons. The van der Waals surface area contributed by atoms with Crippen molar-refractivity contribution >= 4 is 11.9 Å². The zero-order valence-electron chi connectivity index (χ0n) is 12.8. The lowest BCUT2D eigenvalue weighted by Crippen LogP contribution is -2.38. The maximum atomic E-state index is 12.4. The first-order valence-corrected chi connectivity index (χ1v) is 7.08. The first kappa shape index (κ1) is 17.0. The Morgan fingerprint density at radius 3 is 2.62 bits per heavy atom. The average Bonchev–Trinajstić information content (AvgIpc) is 2.42. The lowest BCUT2D eigenvalue weighted by molar-refractivity contribution is -0.138. The second-order valence-electron chi connectivity index (χ2n) is 5.21. The van der Waals surface area contributed by atoms with E-state index in [1.807, 2.05) is 38.1 Å². The normalized spacial score (nSPS) is 10.5. The van der Waals surface area contributed by atoms with E-state index < -0.39 is 5.97 Å². The van der Waals surface area contributed by atoms with Crippen molar-refractivity contribution in [1.82, 2.24) is 4.90 Å². The summed E-state index contributed by atoms with van der Waals surface area (Å²) in [6.07, 6.45) is 0.843. The minimum Gasteiger partial charge on any atom is -0.497 e. The molecule has 1 amide bonds. The molecule has 0 aliphatic carbocycles. The Balaban J connectivity index is 2.65. The van der Waals surface area contributed by atoms with Gasteiger partial charge in [0.05, 0.1) is 13.5 Å². The number of carboxylic acid groups (broad SMARTS) is 1. The van der Waals surface area contributed by atoms with Gasteiger partial charge in [-0.1, -0.05) is 12.1 Å². The quantitative estimate of drug-likeness (QED) is 0.799. The van der Waals surface area contributed by atoms with E-state index >= 15 is 0 Å². The van der Waals surface area contributed by atoms with Gasteiger partial charge in [-0.2, -0.15) is 0 Å². The molecule has 0 saturated carbocycles. The number of hydrogen-bond acceptors (Lipinski definition) is 3. The van der Waals surface area contributed by atoms with Gasteiger partial charge in [0.2, 0.25) is 5.91 Å². The highest BCUT2D eigenvalue weighted by Crippen LogP contribution is 2.14. The molecule has 0 heterocycles. The van der Waals surface area contributed by atoms with Crippen LogP contribution >= 0.6 is 0 Å². The Hall–Kier alpha value is -2.04. The summed E-state index contributed by atoms with van der Waals surface area (Å²) in [6.45, 7) is 4.33. The van der Waals surface area contributed by atoms with Crippen molar-refractivity contribution in [2.24, 2.45) is 0 Å². The van der Waals surface area contributed by atoms with Gasteiger partial charge in [0, 0.05) is 19.0 Å². The van der Waals surface area contributed by atoms with Crippen LogP contribution in [0.2, 0.25) is 0 Å². The third kappa shape index (κ3) is 5.85. The Labute approximate surface area is 125 Å². The molecule has 0 aromatic heterocycles. The molecule has 0 aliphatic rings. The van der Waals surface area contributed by atoms with Crippen molar-refractivity contribution in [3.8, 4) is 5.75 Å². The molecule has 1 aromatic carbocycles. The van der Waals surface area contributed by atoms with Crippen LogP contribution in [-0.2, 0) is 16.0 Å². The van der Waals surface area contributed by atoms with E-state index in [-0.39, 0.29) is 18.4 Å². The highest BCUT2D eigenvalue weighted by Gasteiger charge is 2.17. The molecule has 0 fully saturated rings. The monoisotopic (exact) mass is 293 g/mol. The number of carbonyl (C=O) groups excluding carboxylic acids is 1. The number of amides is 1. The van der Waals surface area contributed by atoms with Crippen molar-refractivity contribution in [2.75, 3.05) is 13.7 Å². The molecule has 5 heteroatoms. The fraction of sp³-hybridized carbons (Fsp3) is 0.500. The largest absolute Gasteiger partial charge is 0.497 e. The number of methoxy groups -OCH3 is 1. The van der Waals surface area contributed by atoms with Gasteiger partial charge in [-0.15, -0.1) is 0 Å². The summed E-state index contributed by atoms with van der Waals surface area (Å²) in [7, 11) is 1.59. The highest BCUT2D eigenvalue weighted by molar-refractivity contribution is 5.79. The number of benzene rings is 1. The number of carboxylic acids is 1. The number of hydrogen-bond donors (Lipinski definition) is 1. The predicted molar refractivity (Wildman–Crippen MR) is 80.4 cm³/mol. The van der Waals surface area contributed by atoms with E-state index in [1.165, 1.54) is 0 Å². The molecule has 0 unspecified atom stereocenters. The Morgan fingerprint density at radius 1 is 1.33 bits per heavy atom. The van der Waals surface area contributed by atoms with Crippen molar-refractivity contribution in [3.05, 3.63) is 29.8 Å². The van der Waals surface area contributed by atoms with Crippen LogP contribution in [0.25, 0.3) is 0 Å². The van der Waals surface area contributed by atoms with Crippen molar-refractivity contribution in [3.63, 3.8) is 0 Å². The molecular weight excluding hydrogens is 270 g/mol. The highest BCUT2D eigenvalue weighted by atomic mass is 16.5. The van der Waals surface area contributed by atoms with Gasteiger partial charge in [-0.3, -0.25) is 9.59 Å². The summed E-state index contributed by atoms with van der Waals surface area (Å²) in [6, 6.07) is 7.47. The lowest BCUT2D eigenvalue weighted by Gasteiger charge is -2.26. The van der Waals surface area contributed by atoms with Crippen LogP contribution in [0, 0.1) is 0 Å². The van der Waals surface area contributed by atoms with Gasteiger partial charge in [0.1, 0.15) is 5.75 Å². The smallest absolute Gasteiger partial charge is 0.303 e. The second-order valence-corrected chi connectivity index (χ2v) is 5.21. The molecule has 0 saturated heterocycles. The van der Waals surface area contributed by atoms with Gasteiger partial charge in [0.15, 0.2) is 0 Å². The number of ether oxygens (including phenoxy) is 1. The van der Waals surface area contributed by atoms with E-state index in [0.29, 0.717) is 19.4 Å². The molecule has 0 bridgehead atoms. The maximum absolute atomic E-state index is 12.4. The van der Waals surface area contributed by atoms with Gasteiger partial charge < -0.3 is 14.7 Å². The summed E-state index contributed by atoms with van der Waals surface area (Å²) in [5.41, 5.74) is 0.892. The average molecular weight is 293 g/mol. The van der Waals surface area contributed by atoms with E-state index in [4.69, 9.17) is 9.84 Å². The fourth-order valence-electron chi connectivity index (χ4n) is 2.13. The van der Waals surface area contributed by atoms with Gasteiger partial charge in [0.25, 0.3) is 0 Å². The summed E-state index contributed by atoms with van der Waals surface area (Å²) in [4.78, 5) is 24.7. The topological polar surface area (TPSA) is 66.8 Å². The third-order valence-corrected chi connectivity index (χ3v) is 3.22. The molecule has 0 atom stereocenters. The molecule has 1 aromatic rings. The molecular formula is C16H23NO4. The minimum absolute atomic E-state index is 0.00337. The lowest BCUT2D eigenvalue weighted by atomic mass is 10.1. The summed E-state index contributed by atoms with van der Waals surface area (Å²) in [5.74, 6) is -0.107. The summed E-state index contributed by atoms with van der Waals surface area (Å²) < 4.78 is 5.15. The fourth-order valence-corrected chi connectivity index (χ4v) is 2.13. The van der Waals surface area contributed by atoms with E-state index in [9.17, 15) is 9.59 Å². The van der Waals surface area contributed by atoms with Crippen molar-refractivity contribution < 1.29 is 19.4 Å². The predicted octanol–water partition coefficient (Wildman–Crippen LogP) is 2.34. The molecule has 1 rings (SSSR count). The summed E-state index contributed by atoms with van der Waals surface area (Å²) >= 11 is 0. The van der Waals surface area contributed by atoms with Crippen LogP contribution < -0.4 is 4.74 Å². The molecule has 0 aliphatic heterocycles. The van der Waals surface area contributed by atoms with E-state index in [1.54, 1.807) is 12.0 Å². The van der Waals surface area contributed by atoms with Crippen LogP contribution in [0.1, 0.15) is 32.3 Å². The second kappa shape index (κ2) is 8.29. The number of rotatable bonds is 8. The zero-order valence-corrected chi connectivity index (χ0v) is 12.8. The van der Waals surface area contributed by atoms with E-state index in [0.717, 1.165) is 11.3 Å². The number of nitrogens with zero attached hydrogens (tertiary/aromatic N) is 1. The molecule has 5 nitrogen and oxygen atoms in total. The van der Waals surface area contributed by atoms with Crippen molar-refractivity contribution in [2.45, 2.75) is 39.2 Å². The zero-order chi connectivity index (χ0) is 15.8. The van der Waals surface area contributed by atoms with Crippen LogP contribution in [0.15, 0.2) is 24.3 Å². The van der Waals surface area contributed by atoms with E-state index in [2.05, 4.69) is 0 Å². The SMILES string of the molecule is COc1cccc(CC(=O)N(CCCC(=O)O)C(C)C)c1. The number of aliphatic carboxylic acids is 1. The Kier molecular flexibility index (Phi) is 6.72. The van der Waals surface area contributed by atoms with Crippen LogP contribution in [0.3, 0.4) is 0 Å². The maximum Gasteiger partial charge on any atom is 0.303 e. The van der Waals surface area contributed by atoms with Crippen LogP contribution in [0.5, 0.6) is 5.75 Å². The van der Waals surface area contributed by atoms with Crippen molar-refractivity contribution in [1.29, 1.82) is 0 Å². The third-order valence-electron chi connectivity index (χ3n) is 3.22. The Bertz CT molecular complexity index is 485. The Morgan fingerprint density at radius 2 is 2.05 bits per heavy atom. The minimum atomic E-state index is -0.834. The molecule has 0 spiro atoms. The molecule has 1 N–H and O–H groups in total. The molecule has 21 heavy (non-hydrogen) atoms. The van der Waals surface area contributed by atoms with Crippen LogP contribution in [-0.4, -0.2) is 41.6 Å². The van der Waals surface area contributed by atoms with Gasteiger partial charge in [-0.05, 0) is 38.0 Å². The van der Waals surface area contributed by atoms with Gasteiger partial charge >= 0.3 is 5.97 Å². The standard InChI is InChI=1S/C16H23NO4/c1-12(2)17(9-5-8-16(19)20)15(18)11-13-6-4-7-14(10-13)21-3/h4,6-7,10,12H,5,8-9,11H2,1-3H3,(H,19,20). The van der Waals surface area contributed by atoms with Crippen LogP contribution in [0.4, 0.5) is 0 Å². The summed E-state index contributed by atoms with van der Waals surface area (Å²) in [5, 5.41) is 8.68. The first-order valence-electron chi connectivity index (χ1n) is 7.08.